The SMILES string of the molecule is Cc1ccnc(C(Cc2ccccc2)(NC(=O)Nc2ccc(F)c(F)c2)c2cccc(C(F)(F)F)c2)c1. The van der Waals surface area contributed by atoms with Crippen LogP contribution in [0.2, 0.25) is 0 Å². The maximum atomic E-state index is 13.7. The molecule has 0 spiro atoms. The van der Waals surface area contributed by atoms with Crippen molar-refractivity contribution in [2.75, 3.05) is 5.32 Å². The van der Waals surface area contributed by atoms with Gasteiger partial charge in [-0.05, 0) is 60.0 Å². The Morgan fingerprint density at radius 1 is 0.838 bits per heavy atom. The van der Waals surface area contributed by atoms with E-state index in [-0.39, 0.29) is 17.7 Å². The minimum Gasteiger partial charge on any atom is -0.322 e. The number of carbonyl (C=O) groups excluding carboxylic acids is 1. The molecule has 0 fully saturated rings. The van der Waals surface area contributed by atoms with Gasteiger partial charge >= 0.3 is 12.2 Å². The number of alkyl halides is 3. The first kappa shape index (κ1) is 25.8. The fraction of sp³-hybridized carbons (Fsp3) is 0.143. The van der Waals surface area contributed by atoms with Gasteiger partial charge in [0.2, 0.25) is 0 Å². The molecular weight excluding hydrogens is 489 g/mol. The number of anilines is 1. The first-order valence-corrected chi connectivity index (χ1v) is 11.3. The van der Waals surface area contributed by atoms with Crippen molar-refractivity contribution < 1.29 is 26.7 Å². The highest BCUT2D eigenvalue weighted by Gasteiger charge is 2.40. The van der Waals surface area contributed by atoms with Crippen LogP contribution >= 0.6 is 0 Å². The molecule has 1 heterocycles. The molecule has 0 bridgehead atoms. The second kappa shape index (κ2) is 10.4. The second-order valence-corrected chi connectivity index (χ2v) is 8.57. The molecule has 4 aromatic rings. The van der Waals surface area contributed by atoms with E-state index in [1.165, 1.54) is 24.4 Å². The molecule has 0 saturated carbocycles. The quantitative estimate of drug-likeness (QED) is 0.274. The van der Waals surface area contributed by atoms with E-state index in [1.807, 2.05) is 0 Å². The van der Waals surface area contributed by atoms with Gasteiger partial charge in [0, 0.05) is 24.4 Å². The van der Waals surface area contributed by atoms with Crippen molar-refractivity contribution in [2.24, 2.45) is 0 Å². The number of carbonyl (C=O) groups is 1. The Balaban J connectivity index is 1.87. The summed E-state index contributed by atoms with van der Waals surface area (Å²) in [6.07, 6.45) is -3.06. The Hall–Kier alpha value is -4.27. The van der Waals surface area contributed by atoms with Gasteiger partial charge in [0.15, 0.2) is 11.6 Å². The van der Waals surface area contributed by atoms with Crippen LogP contribution in [0.5, 0.6) is 0 Å². The molecule has 0 aliphatic carbocycles. The monoisotopic (exact) mass is 511 g/mol. The normalized spacial score (nSPS) is 13.0. The molecule has 9 heteroatoms. The average molecular weight is 511 g/mol. The lowest BCUT2D eigenvalue weighted by atomic mass is 9.79. The summed E-state index contributed by atoms with van der Waals surface area (Å²) < 4.78 is 68.1. The largest absolute Gasteiger partial charge is 0.416 e. The zero-order valence-corrected chi connectivity index (χ0v) is 19.6. The zero-order valence-electron chi connectivity index (χ0n) is 19.6. The van der Waals surface area contributed by atoms with Gasteiger partial charge in [-0.25, -0.2) is 13.6 Å². The third kappa shape index (κ3) is 5.94. The van der Waals surface area contributed by atoms with Crippen molar-refractivity contribution in [3.05, 3.63) is 131 Å². The molecule has 1 aromatic heterocycles. The molecule has 4 nitrogen and oxygen atoms in total. The molecule has 3 aromatic carbocycles. The highest BCUT2D eigenvalue weighted by Crippen LogP contribution is 2.37. The minimum absolute atomic E-state index is 0.0359. The Bertz CT molecular complexity index is 1410. The fourth-order valence-corrected chi connectivity index (χ4v) is 4.08. The minimum atomic E-state index is -4.62. The fourth-order valence-electron chi connectivity index (χ4n) is 4.08. The summed E-state index contributed by atoms with van der Waals surface area (Å²) in [7, 11) is 0. The maximum absolute atomic E-state index is 13.7. The van der Waals surface area contributed by atoms with Crippen molar-refractivity contribution in [2.45, 2.75) is 25.1 Å². The van der Waals surface area contributed by atoms with E-state index < -0.39 is 34.9 Å². The van der Waals surface area contributed by atoms with Crippen LogP contribution in [-0.2, 0) is 18.1 Å². The average Bonchev–Trinajstić information content (AvgIpc) is 2.86. The van der Waals surface area contributed by atoms with E-state index in [4.69, 9.17) is 0 Å². The number of urea groups is 1. The molecule has 1 atom stereocenters. The number of hydrogen-bond donors (Lipinski definition) is 2. The Kier molecular flexibility index (Phi) is 7.24. The number of hydrogen-bond acceptors (Lipinski definition) is 2. The van der Waals surface area contributed by atoms with Crippen molar-refractivity contribution in [1.82, 2.24) is 10.3 Å². The summed E-state index contributed by atoms with van der Waals surface area (Å²) in [4.78, 5) is 17.7. The predicted octanol–water partition coefficient (Wildman–Crippen LogP) is 7.00. The number of nitrogens with zero attached hydrogens (tertiary/aromatic N) is 1. The Morgan fingerprint density at radius 2 is 1.57 bits per heavy atom. The lowest BCUT2D eigenvalue weighted by Gasteiger charge is -2.36. The number of halogens is 5. The first-order valence-electron chi connectivity index (χ1n) is 11.3. The van der Waals surface area contributed by atoms with Gasteiger partial charge in [0.25, 0.3) is 0 Å². The molecule has 0 aliphatic rings. The molecule has 0 radical (unpaired) electrons. The number of aryl methyl sites for hydroxylation is 1. The smallest absolute Gasteiger partial charge is 0.322 e. The lowest BCUT2D eigenvalue weighted by molar-refractivity contribution is -0.137. The van der Waals surface area contributed by atoms with Gasteiger partial charge in [0.05, 0.1) is 11.3 Å². The molecule has 2 N–H and O–H groups in total. The molecular formula is C28H22F5N3O. The van der Waals surface area contributed by atoms with Gasteiger partial charge in [0.1, 0.15) is 5.54 Å². The number of nitrogens with one attached hydrogen (secondary N) is 2. The zero-order chi connectivity index (χ0) is 26.6. The van der Waals surface area contributed by atoms with Crippen LogP contribution in [-0.4, -0.2) is 11.0 Å². The number of benzene rings is 3. The van der Waals surface area contributed by atoms with E-state index in [0.29, 0.717) is 5.69 Å². The summed E-state index contributed by atoms with van der Waals surface area (Å²) >= 11 is 0. The Morgan fingerprint density at radius 3 is 2.24 bits per heavy atom. The summed E-state index contributed by atoms with van der Waals surface area (Å²) in [5.74, 6) is -2.25. The van der Waals surface area contributed by atoms with Crippen molar-refractivity contribution in [1.29, 1.82) is 0 Å². The number of amides is 2. The van der Waals surface area contributed by atoms with Crippen LogP contribution in [0.15, 0.2) is 91.1 Å². The predicted molar refractivity (Wildman–Crippen MR) is 130 cm³/mol. The van der Waals surface area contributed by atoms with Crippen molar-refractivity contribution in [3.8, 4) is 0 Å². The summed E-state index contributed by atoms with van der Waals surface area (Å²) in [6.45, 7) is 1.80. The number of aromatic nitrogens is 1. The van der Waals surface area contributed by atoms with E-state index in [1.54, 1.807) is 49.4 Å². The lowest BCUT2D eigenvalue weighted by Crippen LogP contribution is -2.50. The van der Waals surface area contributed by atoms with Gasteiger partial charge in [-0.2, -0.15) is 13.2 Å². The molecule has 190 valence electrons. The van der Waals surface area contributed by atoms with Gasteiger partial charge in [-0.1, -0.05) is 42.5 Å². The van der Waals surface area contributed by atoms with E-state index in [9.17, 15) is 26.7 Å². The van der Waals surface area contributed by atoms with Crippen LogP contribution in [0.3, 0.4) is 0 Å². The third-order valence-corrected chi connectivity index (χ3v) is 5.85. The van der Waals surface area contributed by atoms with Crippen molar-refractivity contribution in [3.63, 3.8) is 0 Å². The van der Waals surface area contributed by atoms with Crippen LogP contribution in [0.1, 0.15) is 27.9 Å². The number of pyridine rings is 1. The Labute approximate surface area is 210 Å². The summed E-state index contributed by atoms with van der Waals surface area (Å²) in [6, 6.07) is 19.0. The molecule has 37 heavy (non-hydrogen) atoms. The van der Waals surface area contributed by atoms with E-state index in [2.05, 4.69) is 15.6 Å². The highest BCUT2D eigenvalue weighted by molar-refractivity contribution is 5.90. The van der Waals surface area contributed by atoms with Crippen LogP contribution in [0, 0.1) is 18.6 Å². The number of rotatable bonds is 6. The van der Waals surface area contributed by atoms with Crippen molar-refractivity contribution >= 4 is 11.7 Å². The van der Waals surface area contributed by atoms with Gasteiger partial charge in [-0.15, -0.1) is 0 Å². The second-order valence-electron chi connectivity index (χ2n) is 8.57. The molecule has 2 amide bonds. The molecule has 4 rings (SSSR count). The molecule has 1 unspecified atom stereocenters. The topological polar surface area (TPSA) is 54.0 Å². The van der Waals surface area contributed by atoms with Gasteiger partial charge in [-0.3, -0.25) is 4.98 Å². The third-order valence-electron chi connectivity index (χ3n) is 5.85. The molecule has 0 aliphatic heterocycles. The molecule has 0 saturated heterocycles. The summed E-state index contributed by atoms with van der Waals surface area (Å²) in [5, 5.41) is 5.25. The highest BCUT2D eigenvalue weighted by atomic mass is 19.4. The van der Waals surface area contributed by atoms with E-state index in [0.717, 1.165) is 35.4 Å². The first-order chi connectivity index (χ1) is 17.6. The van der Waals surface area contributed by atoms with Crippen LogP contribution in [0.4, 0.5) is 32.4 Å². The van der Waals surface area contributed by atoms with Crippen LogP contribution in [0.25, 0.3) is 0 Å². The van der Waals surface area contributed by atoms with Gasteiger partial charge < -0.3 is 10.6 Å². The summed E-state index contributed by atoms with van der Waals surface area (Å²) in [5.41, 5.74) is -0.546. The van der Waals surface area contributed by atoms with Crippen LogP contribution < -0.4 is 10.6 Å². The standard InChI is InChI=1S/C28H22F5N3O/c1-18-12-13-34-25(14-18)27(17-19-6-3-2-4-7-19,20-8-5-9-21(15-20)28(31,32)33)36-26(37)35-22-10-11-23(29)24(30)16-22/h2-16H,17H2,1H3,(H2,35,36,37). The maximum Gasteiger partial charge on any atom is 0.416 e. The van der Waals surface area contributed by atoms with E-state index >= 15 is 0 Å².